The number of aromatic nitrogens is 2. The Morgan fingerprint density at radius 1 is 1.35 bits per heavy atom. The monoisotopic (exact) mass is 295 g/mol. The Labute approximate surface area is 127 Å². The van der Waals surface area contributed by atoms with E-state index in [0.29, 0.717) is 0 Å². The lowest BCUT2D eigenvalue weighted by Crippen LogP contribution is -2.25. The minimum absolute atomic E-state index is 0.142. The molecule has 1 aliphatic carbocycles. The van der Waals surface area contributed by atoms with Crippen LogP contribution in [0.1, 0.15) is 57.3 Å². The fourth-order valence-corrected chi connectivity index (χ4v) is 3.31. The summed E-state index contributed by atoms with van der Waals surface area (Å²) in [5.41, 5.74) is 9.96. The van der Waals surface area contributed by atoms with Crippen molar-refractivity contribution in [3.05, 3.63) is 28.1 Å². The largest absolute Gasteiger partial charge is 0.327 e. The van der Waals surface area contributed by atoms with E-state index in [1.54, 1.807) is 0 Å². The highest BCUT2D eigenvalue weighted by atomic mass is 35.5. The Balaban J connectivity index is 2.05. The summed E-state index contributed by atoms with van der Waals surface area (Å²) >= 11 is 6.44. The Kier molecular flexibility index (Phi) is 5.67. The fourth-order valence-electron chi connectivity index (χ4n) is 2.96. The molecule has 1 aliphatic rings. The van der Waals surface area contributed by atoms with Crippen LogP contribution in [-0.2, 0) is 19.4 Å². The number of aryl methyl sites for hydroxylation is 2. The van der Waals surface area contributed by atoms with Gasteiger partial charge in [-0.05, 0) is 45.4 Å². The summed E-state index contributed by atoms with van der Waals surface area (Å²) < 4.78 is 2.01. The number of rotatable bonds is 6. The molecule has 0 aromatic carbocycles. The molecule has 0 amide bonds. The molecule has 112 valence electrons. The van der Waals surface area contributed by atoms with Crippen LogP contribution in [0.3, 0.4) is 0 Å². The van der Waals surface area contributed by atoms with Crippen molar-refractivity contribution in [1.82, 2.24) is 9.78 Å². The van der Waals surface area contributed by atoms with Gasteiger partial charge >= 0.3 is 0 Å². The van der Waals surface area contributed by atoms with E-state index in [2.05, 4.69) is 25.0 Å². The van der Waals surface area contributed by atoms with Crippen molar-refractivity contribution >= 4 is 11.6 Å². The second kappa shape index (κ2) is 7.28. The molecule has 1 aromatic rings. The van der Waals surface area contributed by atoms with Gasteiger partial charge in [0.15, 0.2) is 0 Å². The highest BCUT2D eigenvalue weighted by Crippen LogP contribution is 2.25. The van der Waals surface area contributed by atoms with Gasteiger partial charge in [0.2, 0.25) is 0 Å². The molecule has 20 heavy (non-hydrogen) atoms. The Hall–Kier alpha value is -0.800. The molecule has 2 rings (SSSR count). The van der Waals surface area contributed by atoms with Crippen LogP contribution in [0, 0.1) is 0 Å². The molecule has 0 radical (unpaired) electrons. The first-order valence-electron chi connectivity index (χ1n) is 7.83. The quantitative estimate of drug-likeness (QED) is 0.809. The van der Waals surface area contributed by atoms with Gasteiger partial charge in [-0.15, -0.1) is 0 Å². The molecular formula is C16H26ClN3. The number of hydrogen-bond acceptors (Lipinski definition) is 2. The third kappa shape index (κ3) is 3.64. The van der Waals surface area contributed by atoms with Gasteiger partial charge in [0.05, 0.1) is 16.4 Å². The maximum Gasteiger partial charge on any atom is 0.0850 e. The summed E-state index contributed by atoms with van der Waals surface area (Å²) in [5, 5.41) is 5.38. The van der Waals surface area contributed by atoms with Crippen LogP contribution in [-0.4, -0.2) is 15.8 Å². The highest BCUT2D eigenvalue weighted by Gasteiger charge is 2.18. The number of nitrogens with two attached hydrogens (primary N) is 1. The zero-order valence-electron chi connectivity index (χ0n) is 12.7. The predicted octanol–water partition coefficient (Wildman–Crippen LogP) is 3.88. The van der Waals surface area contributed by atoms with Crippen LogP contribution in [0.4, 0.5) is 0 Å². The van der Waals surface area contributed by atoms with Crippen LogP contribution in [0.2, 0.25) is 5.02 Å². The molecule has 1 aromatic heterocycles. The Bertz CT molecular complexity index is 476. The standard InChI is InChI=1S/C16H26ClN3/c1-3-14-16(17)15(20(4-2)19-14)11-13(18)10-12-8-6-5-7-9-12/h8,13H,3-7,9-11,18H2,1-2H3. The molecule has 4 heteroatoms. The minimum atomic E-state index is 0.142. The topological polar surface area (TPSA) is 43.8 Å². The number of allylic oxidation sites excluding steroid dienone is 1. The summed E-state index contributed by atoms with van der Waals surface area (Å²) in [6.45, 7) is 5.04. The lowest BCUT2D eigenvalue weighted by molar-refractivity contribution is 0.558. The molecule has 0 saturated carbocycles. The summed E-state index contributed by atoms with van der Waals surface area (Å²) in [6, 6.07) is 0.142. The summed E-state index contributed by atoms with van der Waals surface area (Å²) in [5.74, 6) is 0. The number of hydrogen-bond donors (Lipinski definition) is 1. The maximum atomic E-state index is 6.44. The molecule has 1 heterocycles. The summed E-state index contributed by atoms with van der Waals surface area (Å²) in [7, 11) is 0. The zero-order valence-corrected chi connectivity index (χ0v) is 13.4. The van der Waals surface area contributed by atoms with Crippen molar-refractivity contribution in [3.8, 4) is 0 Å². The average Bonchev–Trinajstić information content (AvgIpc) is 2.76. The van der Waals surface area contributed by atoms with Gasteiger partial charge < -0.3 is 5.73 Å². The van der Waals surface area contributed by atoms with Crippen LogP contribution < -0.4 is 5.73 Å². The van der Waals surface area contributed by atoms with E-state index in [0.717, 1.165) is 42.2 Å². The molecule has 0 bridgehead atoms. The molecule has 0 fully saturated rings. The van der Waals surface area contributed by atoms with Crippen molar-refractivity contribution in [2.75, 3.05) is 0 Å². The van der Waals surface area contributed by atoms with E-state index in [4.69, 9.17) is 17.3 Å². The van der Waals surface area contributed by atoms with E-state index in [-0.39, 0.29) is 6.04 Å². The van der Waals surface area contributed by atoms with Crippen LogP contribution in [0.5, 0.6) is 0 Å². The third-order valence-electron chi connectivity index (χ3n) is 4.06. The molecule has 3 nitrogen and oxygen atoms in total. The Morgan fingerprint density at radius 3 is 2.75 bits per heavy atom. The minimum Gasteiger partial charge on any atom is -0.327 e. The first-order valence-corrected chi connectivity index (χ1v) is 8.21. The third-order valence-corrected chi connectivity index (χ3v) is 4.50. The predicted molar refractivity (Wildman–Crippen MR) is 85.1 cm³/mol. The first kappa shape index (κ1) is 15.6. The summed E-state index contributed by atoms with van der Waals surface area (Å²) in [4.78, 5) is 0. The molecule has 0 saturated heterocycles. The lowest BCUT2D eigenvalue weighted by Gasteiger charge is -2.18. The van der Waals surface area contributed by atoms with Gasteiger partial charge in [0.25, 0.3) is 0 Å². The van der Waals surface area contributed by atoms with Gasteiger partial charge in [-0.3, -0.25) is 4.68 Å². The van der Waals surface area contributed by atoms with Crippen molar-refractivity contribution in [2.24, 2.45) is 5.73 Å². The van der Waals surface area contributed by atoms with Crippen molar-refractivity contribution in [1.29, 1.82) is 0 Å². The molecule has 1 atom stereocenters. The smallest absolute Gasteiger partial charge is 0.0850 e. The van der Waals surface area contributed by atoms with Crippen LogP contribution in [0.25, 0.3) is 0 Å². The van der Waals surface area contributed by atoms with Crippen molar-refractivity contribution < 1.29 is 0 Å². The van der Waals surface area contributed by atoms with Gasteiger partial charge in [-0.25, -0.2) is 0 Å². The highest BCUT2D eigenvalue weighted by molar-refractivity contribution is 6.31. The van der Waals surface area contributed by atoms with Crippen molar-refractivity contribution in [3.63, 3.8) is 0 Å². The van der Waals surface area contributed by atoms with E-state index in [9.17, 15) is 0 Å². The van der Waals surface area contributed by atoms with Gasteiger partial charge in [-0.1, -0.05) is 30.2 Å². The fraction of sp³-hybridized carbons (Fsp3) is 0.688. The van der Waals surface area contributed by atoms with Gasteiger partial charge in [0, 0.05) is 19.0 Å². The molecular weight excluding hydrogens is 270 g/mol. The SMILES string of the molecule is CCc1nn(CC)c(CC(N)CC2=CCCCC2)c1Cl. The maximum absolute atomic E-state index is 6.44. The second-order valence-corrected chi connectivity index (χ2v) is 6.03. The van der Waals surface area contributed by atoms with Crippen LogP contribution >= 0.6 is 11.6 Å². The number of halogens is 1. The van der Waals surface area contributed by atoms with E-state index in [1.165, 1.54) is 31.3 Å². The van der Waals surface area contributed by atoms with Gasteiger partial charge in [-0.2, -0.15) is 5.10 Å². The van der Waals surface area contributed by atoms with Gasteiger partial charge in [0.1, 0.15) is 0 Å². The van der Waals surface area contributed by atoms with E-state index in [1.807, 2.05) is 4.68 Å². The van der Waals surface area contributed by atoms with Crippen LogP contribution in [0.15, 0.2) is 11.6 Å². The first-order chi connectivity index (χ1) is 9.65. The second-order valence-electron chi connectivity index (χ2n) is 5.65. The molecule has 1 unspecified atom stereocenters. The Morgan fingerprint density at radius 2 is 2.15 bits per heavy atom. The zero-order chi connectivity index (χ0) is 14.5. The molecule has 0 spiro atoms. The molecule has 0 aliphatic heterocycles. The van der Waals surface area contributed by atoms with E-state index >= 15 is 0 Å². The lowest BCUT2D eigenvalue weighted by atomic mass is 9.93. The van der Waals surface area contributed by atoms with E-state index < -0.39 is 0 Å². The van der Waals surface area contributed by atoms with Crippen molar-refractivity contribution in [2.45, 2.75) is 71.4 Å². The number of nitrogens with zero attached hydrogens (tertiary/aromatic N) is 2. The average molecular weight is 296 g/mol. The summed E-state index contributed by atoms with van der Waals surface area (Å²) in [6.07, 6.45) is 10.1. The molecule has 2 N–H and O–H groups in total. The normalized spacial score (nSPS) is 17.1.